The van der Waals surface area contributed by atoms with Crippen molar-refractivity contribution in [2.45, 2.75) is 20.3 Å². The molecular weight excluding hydrogens is 384 g/mol. The van der Waals surface area contributed by atoms with Crippen molar-refractivity contribution in [1.82, 2.24) is 9.97 Å². The summed E-state index contributed by atoms with van der Waals surface area (Å²) in [7, 11) is 3.21. The van der Waals surface area contributed by atoms with Gasteiger partial charge in [0.15, 0.2) is 11.5 Å². The minimum atomic E-state index is -0.106. The Hall–Kier alpha value is -3.12. The number of thiophene rings is 1. The van der Waals surface area contributed by atoms with E-state index in [9.17, 15) is 4.79 Å². The van der Waals surface area contributed by atoms with Crippen molar-refractivity contribution in [3.63, 3.8) is 0 Å². The van der Waals surface area contributed by atoms with Crippen LogP contribution in [0.2, 0.25) is 0 Å². The van der Waals surface area contributed by atoms with Gasteiger partial charge in [0.25, 0.3) is 5.56 Å². The number of ether oxygens (including phenoxy) is 2. The maximum absolute atomic E-state index is 13.0. The highest BCUT2D eigenvalue weighted by Crippen LogP contribution is 2.36. The quantitative estimate of drug-likeness (QED) is 0.513. The lowest BCUT2D eigenvalue weighted by molar-refractivity contribution is 0.354. The first-order chi connectivity index (χ1) is 14.0. The average molecular weight is 407 g/mol. The molecule has 0 saturated heterocycles. The third kappa shape index (κ3) is 3.63. The molecule has 0 aliphatic heterocycles. The molecule has 2 aromatic carbocycles. The van der Waals surface area contributed by atoms with Crippen LogP contribution in [0.4, 0.5) is 0 Å². The number of benzene rings is 2. The first-order valence-corrected chi connectivity index (χ1v) is 10.1. The third-order valence-corrected chi connectivity index (χ3v) is 5.95. The molecule has 0 amide bonds. The zero-order valence-electron chi connectivity index (χ0n) is 16.8. The van der Waals surface area contributed by atoms with E-state index in [4.69, 9.17) is 14.5 Å². The molecule has 4 rings (SSSR count). The molecule has 0 radical (unpaired) electrons. The van der Waals surface area contributed by atoms with Gasteiger partial charge in [-0.05, 0) is 37.1 Å². The van der Waals surface area contributed by atoms with Gasteiger partial charge >= 0.3 is 0 Å². The molecule has 2 heterocycles. The number of fused-ring (bicyclic) bond motifs is 1. The second-order valence-corrected chi connectivity index (χ2v) is 8.16. The van der Waals surface area contributed by atoms with Crippen LogP contribution >= 0.6 is 11.3 Å². The second kappa shape index (κ2) is 7.72. The average Bonchev–Trinajstić information content (AvgIpc) is 3.04. The van der Waals surface area contributed by atoms with Crippen LogP contribution in [-0.2, 0) is 6.42 Å². The van der Waals surface area contributed by atoms with Crippen LogP contribution in [0.3, 0.4) is 0 Å². The monoisotopic (exact) mass is 406 g/mol. The van der Waals surface area contributed by atoms with Crippen molar-refractivity contribution in [3.05, 3.63) is 74.6 Å². The van der Waals surface area contributed by atoms with E-state index in [2.05, 4.69) is 36.2 Å². The van der Waals surface area contributed by atoms with Gasteiger partial charge in [-0.3, -0.25) is 4.79 Å². The molecule has 1 N–H and O–H groups in total. The summed E-state index contributed by atoms with van der Waals surface area (Å²) < 4.78 is 10.7. The highest BCUT2D eigenvalue weighted by atomic mass is 32.1. The van der Waals surface area contributed by atoms with Crippen molar-refractivity contribution in [2.24, 2.45) is 0 Å². The van der Waals surface area contributed by atoms with Crippen LogP contribution in [-0.4, -0.2) is 24.2 Å². The number of aryl methyl sites for hydroxylation is 2. The topological polar surface area (TPSA) is 64.2 Å². The lowest BCUT2D eigenvalue weighted by atomic mass is 10.0. The fraction of sp³-hybridized carbons (Fsp3) is 0.217. The molecule has 0 unspecified atom stereocenters. The van der Waals surface area contributed by atoms with Gasteiger partial charge in [-0.1, -0.05) is 35.9 Å². The zero-order valence-corrected chi connectivity index (χ0v) is 17.6. The minimum Gasteiger partial charge on any atom is -0.493 e. The molecule has 0 spiro atoms. The van der Waals surface area contributed by atoms with Gasteiger partial charge in [0.1, 0.15) is 10.7 Å². The van der Waals surface area contributed by atoms with Gasteiger partial charge in [-0.2, -0.15) is 0 Å². The number of aromatic nitrogens is 2. The summed E-state index contributed by atoms with van der Waals surface area (Å²) in [5, 5.41) is 0.660. The van der Waals surface area contributed by atoms with Crippen molar-refractivity contribution >= 4 is 21.6 Å². The van der Waals surface area contributed by atoms with Crippen molar-refractivity contribution in [1.29, 1.82) is 0 Å². The van der Waals surface area contributed by atoms with Crippen LogP contribution in [0, 0.1) is 13.8 Å². The molecular formula is C23H22N2O3S. The minimum absolute atomic E-state index is 0.106. The predicted octanol–water partition coefficient (Wildman–Crippen LogP) is 4.88. The number of nitrogens with zero attached hydrogens (tertiary/aromatic N) is 1. The van der Waals surface area contributed by atoms with E-state index in [0.717, 1.165) is 26.4 Å². The highest BCUT2D eigenvalue weighted by molar-refractivity contribution is 7.19. The molecule has 0 atom stereocenters. The Balaban J connectivity index is 1.76. The first kappa shape index (κ1) is 19.2. The normalized spacial score (nSPS) is 11.0. The second-order valence-electron chi connectivity index (χ2n) is 6.96. The summed E-state index contributed by atoms with van der Waals surface area (Å²) in [5.74, 6) is 1.96. The Bertz CT molecular complexity index is 1240. The van der Waals surface area contributed by atoms with Crippen LogP contribution < -0.4 is 15.0 Å². The predicted molar refractivity (Wildman–Crippen MR) is 118 cm³/mol. The lowest BCUT2D eigenvalue weighted by Crippen LogP contribution is -2.12. The summed E-state index contributed by atoms with van der Waals surface area (Å²) in [4.78, 5) is 22.5. The Labute approximate surface area is 173 Å². The summed E-state index contributed by atoms with van der Waals surface area (Å²) in [6.07, 6.45) is 0.502. The number of rotatable bonds is 5. The zero-order chi connectivity index (χ0) is 20.5. The maximum atomic E-state index is 13.0. The van der Waals surface area contributed by atoms with Crippen LogP contribution in [0.5, 0.6) is 11.5 Å². The molecule has 6 heteroatoms. The Morgan fingerprint density at radius 3 is 2.41 bits per heavy atom. The maximum Gasteiger partial charge on any atom is 0.260 e. The Morgan fingerprint density at radius 2 is 1.72 bits per heavy atom. The van der Waals surface area contributed by atoms with Crippen molar-refractivity contribution < 1.29 is 9.47 Å². The van der Waals surface area contributed by atoms with Gasteiger partial charge in [-0.25, -0.2) is 4.98 Å². The van der Waals surface area contributed by atoms with E-state index < -0.39 is 0 Å². The van der Waals surface area contributed by atoms with E-state index in [1.54, 1.807) is 25.6 Å². The molecule has 2 aromatic heterocycles. The number of methoxy groups -OCH3 is 2. The molecule has 0 aliphatic carbocycles. The third-order valence-electron chi connectivity index (χ3n) is 4.95. The number of H-pyrrole nitrogens is 1. The molecule has 0 bridgehead atoms. The summed E-state index contributed by atoms with van der Waals surface area (Å²) in [5.41, 5.74) is 4.08. The van der Waals surface area contributed by atoms with E-state index in [1.165, 1.54) is 5.56 Å². The highest BCUT2D eigenvalue weighted by Gasteiger charge is 2.17. The number of aromatic amines is 1. The Kier molecular flexibility index (Phi) is 5.11. The van der Waals surface area contributed by atoms with Gasteiger partial charge in [0.2, 0.25) is 0 Å². The largest absolute Gasteiger partial charge is 0.493 e. The smallest absolute Gasteiger partial charge is 0.260 e. The van der Waals surface area contributed by atoms with Gasteiger partial charge in [0, 0.05) is 16.9 Å². The van der Waals surface area contributed by atoms with E-state index in [1.807, 2.05) is 25.1 Å². The summed E-state index contributed by atoms with van der Waals surface area (Å²) in [6.45, 7) is 4.09. The summed E-state index contributed by atoms with van der Waals surface area (Å²) in [6, 6.07) is 13.9. The van der Waals surface area contributed by atoms with Crippen LogP contribution in [0.25, 0.3) is 21.3 Å². The molecule has 0 aliphatic rings. The van der Waals surface area contributed by atoms with E-state index >= 15 is 0 Å². The van der Waals surface area contributed by atoms with Gasteiger partial charge in [0.05, 0.1) is 19.6 Å². The van der Waals surface area contributed by atoms with Crippen LogP contribution in [0.1, 0.15) is 21.8 Å². The number of nitrogens with one attached hydrogen (secondary N) is 1. The molecule has 148 valence electrons. The molecule has 0 fully saturated rings. The standard InChI is InChI=1S/C23H22N2O3S/c1-13-5-8-16(9-6-13)20-14(2)29-23-21(20)22(26)24-19(25-23)12-15-7-10-17(27-3)18(11-15)28-4/h5-11H,12H2,1-4H3,(H,24,25,26). The van der Waals surface area contributed by atoms with Gasteiger partial charge < -0.3 is 14.5 Å². The molecule has 4 aromatic rings. The fourth-order valence-electron chi connectivity index (χ4n) is 3.50. The SMILES string of the molecule is COc1ccc(Cc2nc3sc(C)c(-c4ccc(C)cc4)c3c(=O)[nH]2)cc1OC. The number of hydrogen-bond donors (Lipinski definition) is 1. The molecule has 29 heavy (non-hydrogen) atoms. The number of hydrogen-bond acceptors (Lipinski definition) is 5. The van der Waals surface area contributed by atoms with E-state index in [-0.39, 0.29) is 5.56 Å². The molecule has 0 saturated carbocycles. The fourth-order valence-corrected chi connectivity index (χ4v) is 4.56. The van der Waals surface area contributed by atoms with Gasteiger partial charge in [-0.15, -0.1) is 11.3 Å². The lowest BCUT2D eigenvalue weighted by Gasteiger charge is -2.09. The molecule has 5 nitrogen and oxygen atoms in total. The van der Waals surface area contributed by atoms with Crippen LogP contribution in [0.15, 0.2) is 47.3 Å². The van der Waals surface area contributed by atoms with Crippen molar-refractivity contribution in [3.8, 4) is 22.6 Å². The van der Waals surface area contributed by atoms with E-state index in [0.29, 0.717) is 29.1 Å². The van der Waals surface area contributed by atoms with Crippen molar-refractivity contribution in [2.75, 3.05) is 14.2 Å². The first-order valence-electron chi connectivity index (χ1n) is 9.30. The Morgan fingerprint density at radius 1 is 1.00 bits per heavy atom. The summed E-state index contributed by atoms with van der Waals surface area (Å²) >= 11 is 1.55.